The standard InChI is InChI=1S/C25H30FN3O2S/c1-17(30)29-13-9-19-14-21(32-24(19)16-29)4-2-3-10-28-11-7-18(8-12-28)25-22-6-5-20(26)15-23(22)31-27-25/h5-6,14-15,18H,2-4,7-13,16H2,1H3. The Balaban J connectivity index is 1.06. The molecule has 7 heteroatoms. The third-order valence-electron chi connectivity index (χ3n) is 6.96. The minimum atomic E-state index is -0.282. The second kappa shape index (κ2) is 9.32. The number of unbranched alkanes of at least 4 members (excludes halogenated alkanes) is 1. The first-order valence-corrected chi connectivity index (χ1v) is 12.5. The van der Waals surface area contributed by atoms with Gasteiger partial charge in [0.15, 0.2) is 5.58 Å². The van der Waals surface area contributed by atoms with Gasteiger partial charge in [0.05, 0.1) is 12.2 Å². The van der Waals surface area contributed by atoms with Gasteiger partial charge in [-0.3, -0.25) is 4.79 Å². The number of benzene rings is 1. The van der Waals surface area contributed by atoms with Crippen molar-refractivity contribution in [2.24, 2.45) is 0 Å². The highest BCUT2D eigenvalue weighted by atomic mass is 32.1. The van der Waals surface area contributed by atoms with Crippen molar-refractivity contribution in [1.29, 1.82) is 0 Å². The summed E-state index contributed by atoms with van der Waals surface area (Å²) in [5.41, 5.74) is 2.99. The highest BCUT2D eigenvalue weighted by Gasteiger charge is 2.25. The Morgan fingerprint density at radius 3 is 2.88 bits per heavy atom. The van der Waals surface area contributed by atoms with Gasteiger partial charge in [0, 0.05) is 40.6 Å². The van der Waals surface area contributed by atoms with Crippen molar-refractivity contribution in [2.45, 2.75) is 57.9 Å². The van der Waals surface area contributed by atoms with Crippen LogP contribution >= 0.6 is 11.3 Å². The molecule has 2 aliphatic heterocycles. The molecule has 4 heterocycles. The number of fused-ring (bicyclic) bond motifs is 2. The molecule has 2 aromatic heterocycles. The van der Waals surface area contributed by atoms with E-state index >= 15 is 0 Å². The maximum atomic E-state index is 13.4. The number of aromatic nitrogens is 1. The molecule has 5 nitrogen and oxygen atoms in total. The Morgan fingerprint density at radius 2 is 2.06 bits per heavy atom. The van der Waals surface area contributed by atoms with Crippen molar-refractivity contribution in [3.63, 3.8) is 0 Å². The SMILES string of the molecule is CC(=O)N1CCc2cc(CCCCN3CCC(c4noc5cc(F)ccc45)CC3)sc2C1. The fourth-order valence-corrected chi connectivity index (χ4v) is 6.34. The molecule has 0 radical (unpaired) electrons. The van der Waals surface area contributed by atoms with Crippen molar-refractivity contribution in [3.05, 3.63) is 51.1 Å². The Bertz CT molecular complexity index is 1100. The summed E-state index contributed by atoms with van der Waals surface area (Å²) in [5.74, 6) is 0.292. The Morgan fingerprint density at radius 1 is 1.22 bits per heavy atom. The lowest BCUT2D eigenvalue weighted by Crippen LogP contribution is -2.33. The summed E-state index contributed by atoms with van der Waals surface area (Å²) in [7, 11) is 0. The average molecular weight is 456 g/mol. The van der Waals surface area contributed by atoms with Crippen LogP contribution in [0.2, 0.25) is 0 Å². The monoisotopic (exact) mass is 455 g/mol. The summed E-state index contributed by atoms with van der Waals surface area (Å²) in [4.78, 5) is 19.0. The van der Waals surface area contributed by atoms with Gasteiger partial charge in [-0.25, -0.2) is 4.39 Å². The van der Waals surface area contributed by atoms with Crippen LogP contribution in [0.4, 0.5) is 4.39 Å². The molecule has 0 atom stereocenters. The Hall–Kier alpha value is -2.25. The van der Waals surface area contributed by atoms with E-state index in [2.05, 4.69) is 16.1 Å². The van der Waals surface area contributed by atoms with Crippen LogP contribution in [-0.2, 0) is 24.2 Å². The van der Waals surface area contributed by atoms with Gasteiger partial charge in [-0.05, 0) is 81.9 Å². The van der Waals surface area contributed by atoms with Gasteiger partial charge in [-0.2, -0.15) is 0 Å². The van der Waals surface area contributed by atoms with Gasteiger partial charge in [-0.1, -0.05) is 5.16 Å². The molecule has 0 saturated carbocycles. The number of piperidine rings is 1. The Kier molecular flexibility index (Phi) is 6.28. The van der Waals surface area contributed by atoms with Gasteiger partial charge >= 0.3 is 0 Å². The first-order chi connectivity index (χ1) is 15.6. The molecule has 170 valence electrons. The van der Waals surface area contributed by atoms with E-state index in [1.54, 1.807) is 13.0 Å². The average Bonchev–Trinajstić information content (AvgIpc) is 3.40. The van der Waals surface area contributed by atoms with Crippen LogP contribution in [0.5, 0.6) is 0 Å². The summed E-state index contributed by atoms with van der Waals surface area (Å²) < 4.78 is 18.7. The van der Waals surface area contributed by atoms with Crippen LogP contribution in [0.25, 0.3) is 11.0 Å². The molecule has 0 N–H and O–H groups in total. The summed E-state index contributed by atoms with van der Waals surface area (Å²) in [6.45, 7) is 6.61. The zero-order chi connectivity index (χ0) is 22.1. The highest BCUT2D eigenvalue weighted by molar-refractivity contribution is 7.12. The van der Waals surface area contributed by atoms with E-state index in [0.29, 0.717) is 11.5 Å². The van der Waals surface area contributed by atoms with Gasteiger partial charge in [0.1, 0.15) is 5.82 Å². The Labute approximate surface area is 192 Å². The van der Waals surface area contributed by atoms with E-state index in [4.69, 9.17) is 4.52 Å². The number of hydrogen-bond acceptors (Lipinski definition) is 5. The molecule has 1 saturated heterocycles. The third-order valence-corrected chi connectivity index (χ3v) is 8.18. The molecule has 0 bridgehead atoms. The number of hydrogen-bond donors (Lipinski definition) is 0. The van der Waals surface area contributed by atoms with Crippen LogP contribution < -0.4 is 0 Å². The number of likely N-dealkylation sites (tertiary alicyclic amines) is 1. The van der Waals surface area contributed by atoms with E-state index in [1.165, 1.54) is 40.3 Å². The zero-order valence-electron chi connectivity index (χ0n) is 18.6. The molecule has 3 aromatic rings. The first-order valence-electron chi connectivity index (χ1n) is 11.7. The molecular weight excluding hydrogens is 425 g/mol. The van der Waals surface area contributed by atoms with Gasteiger partial charge < -0.3 is 14.3 Å². The van der Waals surface area contributed by atoms with E-state index < -0.39 is 0 Å². The van der Waals surface area contributed by atoms with Crippen molar-refractivity contribution < 1.29 is 13.7 Å². The van der Waals surface area contributed by atoms with Gasteiger partial charge in [0.2, 0.25) is 5.91 Å². The normalized spacial score (nSPS) is 17.8. The van der Waals surface area contributed by atoms with E-state index in [9.17, 15) is 9.18 Å². The molecule has 1 amide bonds. The summed E-state index contributed by atoms with van der Waals surface area (Å²) in [6.07, 6.45) is 6.69. The van der Waals surface area contributed by atoms with Crippen molar-refractivity contribution in [3.8, 4) is 0 Å². The maximum absolute atomic E-state index is 13.4. The molecule has 2 aliphatic rings. The largest absolute Gasteiger partial charge is 0.356 e. The zero-order valence-corrected chi connectivity index (χ0v) is 19.4. The lowest BCUT2D eigenvalue weighted by molar-refractivity contribution is -0.129. The molecule has 0 unspecified atom stereocenters. The number of carbonyl (C=O) groups excluding carboxylic acids is 1. The number of rotatable bonds is 6. The molecule has 5 rings (SSSR count). The third kappa shape index (κ3) is 4.59. The van der Waals surface area contributed by atoms with Crippen molar-refractivity contribution in [1.82, 2.24) is 15.0 Å². The summed E-state index contributed by atoms with van der Waals surface area (Å²) in [5, 5.41) is 5.21. The number of nitrogens with zero attached hydrogens (tertiary/aromatic N) is 3. The van der Waals surface area contributed by atoms with Crippen LogP contribution in [0.3, 0.4) is 0 Å². The molecular formula is C25H30FN3O2S. The smallest absolute Gasteiger partial charge is 0.219 e. The molecule has 32 heavy (non-hydrogen) atoms. The highest BCUT2D eigenvalue weighted by Crippen LogP contribution is 2.33. The lowest BCUT2D eigenvalue weighted by atomic mass is 9.91. The second-order valence-electron chi connectivity index (χ2n) is 9.13. The quantitative estimate of drug-likeness (QED) is 0.483. The summed E-state index contributed by atoms with van der Waals surface area (Å²) in [6, 6.07) is 7.08. The predicted octanol–water partition coefficient (Wildman–Crippen LogP) is 5.14. The number of amides is 1. The van der Waals surface area contributed by atoms with Crippen LogP contribution in [-0.4, -0.2) is 47.0 Å². The van der Waals surface area contributed by atoms with Gasteiger partial charge in [0.25, 0.3) is 0 Å². The topological polar surface area (TPSA) is 49.6 Å². The fraction of sp³-hybridized carbons (Fsp3) is 0.520. The number of thiophene rings is 1. The lowest BCUT2D eigenvalue weighted by Gasteiger charge is -2.31. The van der Waals surface area contributed by atoms with E-state index in [1.807, 2.05) is 16.2 Å². The number of aryl methyl sites for hydroxylation is 1. The van der Waals surface area contributed by atoms with Crippen molar-refractivity contribution >= 4 is 28.2 Å². The number of carbonyl (C=O) groups is 1. The van der Waals surface area contributed by atoms with Crippen LogP contribution in [0.1, 0.15) is 59.5 Å². The molecule has 1 fully saturated rings. The van der Waals surface area contributed by atoms with E-state index in [0.717, 1.165) is 69.5 Å². The first kappa shape index (κ1) is 21.6. The fourth-order valence-electron chi connectivity index (χ4n) is 5.06. The van der Waals surface area contributed by atoms with E-state index in [-0.39, 0.29) is 11.7 Å². The number of halogens is 1. The minimum Gasteiger partial charge on any atom is -0.356 e. The molecule has 0 spiro atoms. The van der Waals surface area contributed by atoms with Crippen LogP contribution in [0.15, 0.2) is 28.8 Å². The van der Waals surface area contributed by atoms with Crippen LogP contribution in [0, 0.1) is 5.82 Å². The minimum absolute atomic E-state index is 0.181. The van der Waals surface area contributed by atoms with Crippen molar-refractivity contribution in [2.75, 3.05) is 26.2 Å². The second-order valence-corrected chi connectivity index (χ2v) is 10.4. The van der Waals surface area contributed by atoms with Gasteiger partial charge in [-0.15, -0.1) is 11.3 Å². The summed E-state index contributed by atoms with van der Waals surface area (Å²) >= 11 is 1.90. The molecule has 1 aromatic carbocycles. The predicted molar refractivity (Wildman–Crippen MR) is 124 cm³/mol. The molecule has 0 aliphatic carbocycles. The maximum Gasteiger partial charge on any atom is 0.219 e.